The minimum Gasteiger partial charge on any atom is -0.396 e. The molecule has 0 bridgehead atoms. The summed E-state index contributed by atoms with van der Waals surface area (Å²) in [5.74, 6) is 0.361. The van der Waals surface area contributed by atoms with E-state index < -0.39 is 6.10 Å². The molecule has 0 unspecified atom stereocenters. The zero-order chi connectivity index (χ0) is 13.1. The molecule has 0 spiro atoms. The van der Waals surface area contributed by atoms with Crippen LogP contribution in [0.3, 0.4) is 0 Å². The second kappa shape index (κ2) is 11.2. The summed E-state index contributed by atoms with van der Waals surface area (Å²) in [4.78, 5) is 11.7. The lowest BCUT2D eigenvalue weighted by Crippen LogP contribution is -2.41. The molecule has 0 aliphatic heterocycles. The number of hydrogen-bond donors (Lipinski definition) is 5. The largest absolute Gasteiger partial charge is 0.396 e. The molecule has 0 aromatic rings. The SMILES string of the molecule is C[C@H](O)CNC(=O)[C@@H](CNCCCO)CSS. The number of carbonyl (C=O) groups excluding carboxylic acids is 1. The van der Waals surface area contributed by atoms with Gasteiger partial charge in [-0.05, 0) is 19.9 Å². The Hall–Kier alpha value is 0.0500. The smallest absolute Gasteiger partial charge is 0.225 e. The molecule has 17 heavy (non-hydrogen) atoms. The molecule has 0 aliphatic carbocycles. The highest BCUT2D eigenvalue weighted by Gasteiger charge is 2.17. The highest BCUT2D eigenvalue weighted by molar-refractivity contribution is 8.68. The number of hydrogen-bond acceptors (Lipinski definition) is 6. The number of rotatable bonds is 10. The van der Waals surface area contributed by atoms with Crippen LogP contribution in [0.5, 0.6) is 0 Å². The third kappa shape index (κ3) is 9.72. The lowest BCUT2D eigenvalue weighted by atomic mass is 10.1. The first kappa shape index (κ1) is 17.1. The zero-order valence-electron chi connectivity index (χ0n) is 10.1. The molecular formula is C10H22N2O3S2. The van der Waals surface area contributed by atoms with Gasteiger partial charge in [-0.1, -0.05) is 10.8 Å². The van der Waals surface area contributed by atoms with Crippen LogP contribution in [0.15, 0.2) is 0 Å². The van der Waals surface area contributed by atoms with Gasteiger partial charge in [0.05, 0.1) is 12.0 Å². The van der Waals surface area contributed by atoms with Gasteiger partial charge >= 0.3 is 0 Å². The summed E-state index contributed by atoms with van der Waals surface area (Å²) in [6.07, 6.45) is 0.140. The Morgan fingerprint density at radius 2 is 2.18 bits per heavy atom. The molecule has 102 valence electrons. The second-order valence-corrected chi connectivity index (χ2v) is 5.23. The predicted octanol–water partition coefficient (Wildman–Crippen LogP) is -0.350. The first-order valence-corrected chi connectivity index (χ1v) is 7.69. The van der Waals surface area contributed by atoms with Crippen molar-refractivity contribution in [3.8, 4) is 0 Å². The molecule has 4 N–H and O–H groups in total. The molecule has 0 aliphatic rings. The van der Waals surface area contributed by atoms with Crippen LogP contribution >= 0.6 is 22.5 Å². The van der Waals surface area contributed by atoms with Crippen LogP contribution in [-0.2, 0) is 4.79 Å². The number of aliphatic hydroxyl groups excluding tert-OH is 2. The number of thiol groups is 1. The highest BCUT2D eigenvalue weighted by atomic mass is 33.1. The van der Waals surface area contributed by atoms with E-state index in [-0.39, 0.29) is 25.0 Å². The minimum absolute atomic E-state index is 0.0797. The zero-order valence-corrected chi connectivity index (χ0v) is 11.8. The fraction of sp³-hybridized carbons (Fsp3) is 0.900. The molecule has 0 rings (SSSR count). The van der Waals surface area contributed by atoms with Gasteiger partial charge in [-0.2, -0.15) is 0 Å². The maximum absolute atomic E-state index is 11.7. The first-order chi connectivity index (χ1) is 8.11. The Labute approximate surface area is 112 Å². The summed E-state index contributed by atoms with van der Waals surface area (Å²) in [5, 5.41) is 23.5. The molecule has 0 heterocycles. The quantitative estimate of drug-likeness (QED) is 0.215. The molecule has 5 nitrogen and oxygen atoms in total. The number of amides is 1. The van der Waals surface area contributed by atoms with Crippen LogP contribution in [0.4, 0.5) is 0 Å². The van der Waals surface area contributed by atoms with Crippen LogP contribution < -0.4 is 10.6 Å². The van der Waals surface area contributed by atoms with E-state index in [9.17, 15) is 4.79 Å². The molecule has 0 fully saturated rings. The van der Waals surface area contributed by atoms with Crippen molar-refractivity contribution in [1.29, 1.82) is 0 Å². The lowest BCUT2D eigenvalue weighted by Gasteiger charge is -2.16. The van der Waals surface area contributed by atoms with Gasteiger partial charge in [0.25, 0.3) is 0 Å². The Morgan fingerprint density at radius 3 is 2.71 bits per heavy atom. The van der Waals surface area contributed by atoms with Gasteiger partial charge in [-0.15, -0.1) is 11.7 Å². The van der Waals surface area contributed by atoms with Crippen LogP contribution in [0, 0.1) is 5.92 Å². The van der Waals surface area contributed by atoms with Gasteiger partial charge in [0.1, 0.15) is 0 Å². The second-order valence-electron chi connectivity index (χ2n) is 3.87. The van der Waals surface area contributed by atoms with Crippen molar-refractivity contribution < 1.29 is 15.0 Å². The summed E-state index contributed by atoms with van der Waals surface area (Å²) >= 11 is 4.05. The van der Waals surface area contributed by atoms with E-state index in [0.29, 0.717) is 25.3 Å². The summed E-state index contributed by atoms with van der Waals surface area (Å²) < 4.78 is 0. The minimum atomic E-state index is -0.536. The summed E-state index contributed by atoms with van der Waals surface area (Å²) in [6.45, 7) is 3.28. The summed E-state index contributed by atoms with van der Waals surface area (Å²) in [6, 6.07) is 0. The molecular weight excluding hydrogens is 260 g/mol. The highest BCUT2D eigenvalue weighted by Crippen LogP contribution is 2.11. The van der Waals surface area contributed by atoms with Gasteiger partial charge in [0, 0.05) is 25.4 Å². The lowest BCUT2D eigenvalue weighted by molar-refractivity contribution is -0.124. The third-order valence-electron chi connectivity index (χ3n) is 2.12. The van der Waals surface area contributed by atoms with Crippen molar-refractivity contribution in [2.24, 2.45) is 5.92 Å². The van der Waals surface area contributed by atoms with E-state index in [0.717, 1.165) is 0 Å². The molecule has 0 radical (unpaired) electrons. The topological polar surface area (TPSA) is 81.6 Å². The van der Waals surface area contributed by atoms with Gasteiger partial charge in [-0.25, -0.2) is 0 Å². The van der Waals surface area contributed by atoms with Gasteiger partial charge < -0.3 is 20.8 Å². The van der Waals surface area contributed by atoms with Gasteiger partial charge in [0.2, 0.25) is 5.91 Å². The van der Waals surface area contributed by atoms with Gasteiger partial charge in [0.15, 0.2) is 0 Å². The Kier molecular flexibility index (Phi) is 11.2. The molecule has 7 heteroatoms. The molecule has 0 saturated heterocycles. The molecule has 2 atom stereocenters. The summed E-state index contributed by atoms with van der Waals surface area (Å²) in [5.41, 5.74) is 0. The fourth-order valence-electron chi connectivity index (χ4n) is 1.19. The van der Waals surface area contributed by atoms with Crippen molar-refractivity contribution in [2.75, 3.05) is 32.0 Å². The maximum atomic E-state index is 11.7. The normalized spacial score (nSPS) is 14.4. The molecule has 0 aromatic heterocycles. The summed E-state index contributed by atoms with van der Waals surface area (Å²) in [7, 11) is 1.32. The molecule has 0 saturated carbocycles. The maximum Gasteiger partial charge on any atom is 0.225 e. The van der Waals surface area contributed by atoms with E-state index in [1.807, 2.05) is 0 Å². The number of nitrogens with one attached hydrogen (secondary N) is 2. The molecule has 0 aromatic carbocycles. The van der Waals surface area contributed by atoms with Crippen molar-refractivity contribution in [2.45, 2.75) is 19.4 Å². The predicted molar refractivity (Wildman–Crippen MR) is 74.2 cm³/mol. The van der Waals surface area contributed by atoms with Crippen molar-refractivity contribution in [3.63, 3.8) is 0 Å². The third-order valence-corrected chi connectivity index (χ3v) is 3.12. The van der Waals surface area contributed by atoms with E-state index in [2.05, 4.69) is 22.3 Å². The Morgan fingerprint density at radius 1 is 1.47 bits per heavy atom. The Bertz CT molecular complexity index is 206. The van der Waals surface area contributed by atoms with E-state index in [1.165, 1.54) is 10.8 Å². The van der Waals surface area contributed by atoms with Crippen LogP contribution in [0.2, 0.25) is 0 Å². The fourth-order valence-corrected chi connectivity index (χ4v) is 2.18. The van der Waals surface area contributed by atoms with Crippen molar-refractivity contribution >= 4 is 28.4 Å². The van der Waals surface area contributed by atoms with Crippen LogP contribution in [-0.4, -0.2) is 54.2 Å². The van der Waals surface area contributed by atoms with E-state index in [1.54, 1.807) is 6.92 Å². The van der Waals surface area contributed by atoms with Crippen LogP contribution in [0.25, 0.3) is 0 Å². The monoisotopic (exact) mass is 282 g/mol. The molecule has 1 amide bonds. The van der Waals surface area contributed by atoms with Crippen LogP contribution in [0.1, 0.15) is 13.3 Å². The Balaban J connectivity index is 3.89. The van der Waals surface area contributed by atoms with Crippen molar-refractivity contribution in [1.82, 2.24) is 10.6 Å². The van der Waals surface area contributed by atoms with E-state index in [4.69, 9.17) is 10.2 Å². The van der Waals surface area contributed by atoms with Gasteiger partial charge in [-0.3, -0.25) is 4.79 Å². The standard InChI is InChI=1S/C10H22N2O3S2/c1-8(14)5-12-10(15)9(7-17-16)6-11-3-2-4-13/h8-9,11,13-14,16H,2-7H2,1H3,(H,12,15)/t8-,9-/m0/s1. The average Bonchev–Trinajstić information content (AvgIpc) is 2.30. The first-order valence-electron chi connectivity index (χ1n) is 5.65. The van der Waals surface area contributed by atoms with E-state index >= 15 is 0 Å². The number of carbonyl (C=O) groups is 1. The van der Waals surface area contributed by atoms with Crippen molar-refractivity contribution in [3.05, 3.63) is 0 Å². The average molecular weight is 282 g/mol. The number of aliphatic hydroxyl groups is 2.